The van der Waals surface area contributed by atoms with Crippen LogP contribution >= 0.6 is 0 Å². The van der Waals surface area contributed by atoms with Gasteiger partial charge in [-0.05, 0) is 68.7 Å². The third-order valence-electron chi connectivity index (χ3n) is 7.03. The molecular formula is C30H34N2O9. The van der Waals surface area contributed by atoms with E-state index in [0.717, 1.165) is 44.9 Å². The van der Waals surface area contributed by atoms with Crippen LogP contribution in [0.1, 0.15) is 88.8 Å². The molecule has 0 saturated heterocycles. The van der Waals surface area contributed by atoms with E-state index in [0.29, 0.717) is 23.8 Å². The van der Waals surface area contributed by atoms with Crippen molar-refractivity contribution in [2.45, 2.75) is 64.3 Å². The van der Waals surface area contributed by atoms with Crippen LogP contribution in [0.3, 0.4) is 0 Å². The van der Waals surface area contributed by atoms with E-state index in [-0.39, 0.29) is 34.2 Å². The predicted octanol–water partition coefficient (Wildman–Crippen LogP) is 5.23. The van der Waals surface area contributed by atoms with Crippen LogP contribution in [-0.2, 0) is 14.2 Å². The van der Waals surface area contributed by atoms with E-state index in [9.17, 15) is 24.3 Å². The smallest absolute Gasteiger partial charge is 0.496 e. The monoisotopic (exact) mass is 566 g/mol. The molecule has 0 aliphatic heterocycles. The number of amides is 1. The SMILES string of the molecule is C=Cc1cc(C(=O)O)c(-c2ccc(C(=O)NCC3CC3)nc2C(=O)OC(C)OC(=O)OC2CCCCC2)cc1OC. The molecule has 1 atom stereocenters. The van der Waals surface area contributed by atoms with Gasteiger partial charge >= 0.3 is 18.1 Å². The minimum absolute atomic E-state index is 0.0572. The molecule has 2 saturated carbocycles. The van der Waals surface area contributed by atoms with E-state index >= 15 is 0 Å². The number of carbonyl (C=O) groups excluding carboxylic acids is 3. The average Bonchev–Trinajstić information content (AvgIpc) is 3.79. The summed E-state index contributed by atoms with van der Waals surface area (Å²) in [5.41, 5.74) is 0.0732. The van der Waals surface area contributed by atoms with Gasteiger partial charge in [0, 0.05) is 30.2 Å². The van der Waals surface area contributed by atoms with E-state index < -0.39 is 30.3 Å². The normalized spacial score (nSPS) is 15.8. The van der Waals surface area contributed by atoms with Crippen molar-refractivity contribution >= 4 is 30.1 Å². The zero-order valence-corrected chi connectivity index (χ0v) is 23.1. The molecule has 0 radical (unpaired) electrons. The number of hydrogen-bond acceptors (Lipinski definition) is 9. The zero-order valence-electron chi connectivity index (χ0n) is 23.1. The van der Waals surface area contributed by atoms with Gasteiger partial charge < -0.3 is 29.4 Å². The van der Waals surface area contributed by atoms with Crippen LogP contribution in [0.15, 0.2) is 30.8 Å². The van der Waals surface area contributed by atoms with Crippen molar-refractivity contribution in [2.24, 2.45) is 5.92 Å². The molecule has 1 amide bonds. The fourth-order valence-corrected chi connectivity index (χ4v) is 4.65. The first-order valence-corrected chi connectivity index (χ1v) is 13.7. The first-order chi connectivity index (χ1) is 19.7. The Morgan fingerprint density at radius 2 is 1.80 bits per heavy atom. The Bertz CT molecular complexity index is 1330. The van der Waals surface area contributed by atoms with Crippen LogP contribution in [0.4, 0.5) is 4.79 Å². The maximum absolute atomic E-state index is 13.4. The van der Waals surface area contributed by atoms with Gasteiger partial charge in [0.15, 0.2) is 5.69 Å². The predicted molar refractivity (Wildman–Crippen MR) is 148 cm³/mol. The van der Waals surface area contributed by atoms with Gasteiger partial charge in [0.1, 0.15) is 17.5 Å². The van der Waals surface area contributed by atoms with Crippen LogP contribution in [0, 0.1) is 5.92 Å². The molecule has 1 aromatic carbocycles. The van der Waals surface area contributed by atoms with E-state index in [4.69, 9.17) is 18.9 Å². The number of benzene rings is 1. The van der Waals surface area contributed by atoms with Gasteiger partial charge in [-0.1, -0.05) is 19.1 Å². The van der Waals surface area contributed by atoms with Gasteiger partial charge in [-0.25, -0.2) is 19.4 Å². The van der Waals surface area contributed by atoms with Crippen molar-refractivity contribution in [3.8, 4) is 16.9 Å². The van der Waals surface area contributed by atoms with Crippen molar-refractivity contribution in [3.05, 3.63) is 53.4 Å². The van der Waals surface area contributed by atoms with Gasteiger partial charge in [-0.2, -0.15) is 0 Å². The largest absolute Gasteiger partial charge is 0.511 e. The van der Waals surface area contributed by atoms with Crippen LogP contribution in [0.25, 0.3) is 17.2 Å². The van der Waals surface area contributed by atoms with E-state index in [1.165, 1.54) is 44.4 Å². The minimum atomic E-state index is -1.35. The topological polar surface area (TPSA) is 150 Å². The lowest BCUT2D eigenvalue weighted by atomic mass is 9.95. The number of rotatable bonds is 11. The van der Waals surface area contributed by atoms with Gasteiger partial charge in [0.25, 0.3) is 5.91 Å². The van der Waals surface area contributed by atoms with Crippen LogP contribution in [0.2, 0.25) is 0 Å². The molecule has 1 aromatic heterocycles. The Balaban J connectivity index is 1.63. The molecule has 218 valence electrons. The molecule has 1 unspecified atom stereocenters. The number of pyridine rings is 1. The Labute approximate surface area is 237 Å². The van der Waals surface area contributed by atoms with Crippen molar-refractivity contribution < 1.29 is 43.2 Å². The van der Waals surface area contributed by atoms with Crippen LogP contribution < -0.4 is 10.1 Å². The summed E-state index contributed by atoms with van der Waals surface area (Å²) in [5.74, 6) is -2.05. The second-order valence-electron chi connectivity index (χ2n) is 10.1. The maximum Gasteiger partial charge on any atom is 0.511 e. The number of aromatic nitrogens is 1. The highest BCUT2D eigenvalue weighted by Crippen LogP contribution is 2.34. The Morgan fingerprint density at radius 3 is 2.44 bits per heavy atom. The minimum Gasteiger partial charge on any atom is -0.496 e. The third kappa shape index (κ3) is 7.62. The van der Waals surface area contributed by atoms with Crippen molar-refractivity contribution in [1.29, 1.82) is 0 Å². The Kier molecular flexibility index (Phi) is 9.59. The second-order valence-corrected chi connectivity index (χ2v) is 10.1. The lowest BCUT2D eigenvalue weighted by Gasteiger charge is -2.22. The quantitative estimate of drug-likeness (QED) is 0.273. The first kappa shape index (κ1) is 29.6. The van der Waals surface area contributed by atoms with Gasteiger partial charge in [0.05, 0.1) is 12.7 Å². The Hall–Kier alpha value is -4.41. The fraction of sp³-hybridized carbons (Fsp3) is 0.433. The fourth-order valence-electron chi connectivity index (χ4n) is 4.65. The third-order valence-corrected chi connectivity index (χ3v) is 7.03. The standard InChI is InChI=1S/C30H34N2O9/c1-4-19-14-23(28(34)35)22(15-25(19)38-3)21-12-13-24(27(33)31-16-18-10-11-18)32-26(21)29(36)39-17(2)40-30(37)41-20-8-6-5-7-9-20/h4,12-15,17-18,20H,1,5-11,16H2,2-3H3,(H,31,33)(H,34,35). The van der Waals surface area contributed by atoms with Gasteiger partial charge in [-0.3, -0.25) is 4.79 Å². The van der Waals surface area contributed by atoms with E-state index in [1.54, 1.807) is 0 Å². The number of nitrogens with one attached hydrogen (secondary N) is 1. The summed E-state index contributed by atoms with van der Waals surface area (Å²) in [6.07, 6.45) is 5.44. The lowest BCUT2D eigenvalue weighted by Crippen LogP contribution is -2.28. The second kappa shape index (κ2) is 13.3. The highest BCUT2D eigenvalue weighted by molar-refractivity contribution is 6.03. The molecule has 41 heavy (non-hydrogen) atoms. The summed E-state index contributed by atoms with van der Waals surface area (Å²) >= 11 is 0. The summed E-state index contributed by atoms with van der Waals surface area (Å²) in [6, 6.07) is 5.63. The first-order valence-electron chi connectivity index (χ1n) is 13.7. The highest BCUT2D eigenvalue weighted by atomic mass is 16.8. The Morgan fingerprint density at radius 1 is 1.07 bits per heavy atom. The molecule has 4 rings (SSSR count). The molecule has 0 spiro atoms. The number of carbonyl (C=O) groups is 4. The number of methoxy groups -OCH3 is 1. The average molecular weight is 567 g/mol. The van der Waals surface area contributed by atoms with Crippen molar-refractivity contribution in [3.63, 3.8) is 0 Å². The summed E-state index contributed by atoms with van der Waals surface area (Å²) in [4.78, 5) is 54.9. The highest BCUT2D eigenvalue weighted by Gasteiger charge is 2.28. The maximum atomic E-state index is 13.4. The van der Waals surface area contributed by atoms with Gasteiger partial charge in [0.2, 0.25) is 6.29 Å². The van der Waals surface area contributed by atoms with Gasteiger partial charge in [-0.15, -0.1) is 0 Å². The number of aromatic carboxylic acids is 1. The molecule has 11 nitrogen and oxygen atoms in total. The molecular weight excluding hydrogens is 532 g/mol. The van der Waals surface area contributed by atoms with Crippen molar-refractivity contribution in [1.82, 2.24) is 10.3 Å². The van der Waals surface area contributed by atoms with Crippen molar-refractivity contribution in [2.75, 3.05) is 13.7 Å². The summed E-state index contributed by atoms with van der Waals surface area (Å²) in [5, 5.41) is 12.7. The van der Waals surface area contributed by atoms with Crippen LogP contribution in [-0.4, -0.2) is 60.1 Å². The number of ether oxygens (including phenoxy) is 4. The number of carboxylic acid groups (broad SMARTS) is 1. The molecule has 11 heteroatoms. The molecule has 2 aromatic rings. The molecule has 2 aliphatic rings. The van der Waals surface area contributed by atoms with E-state index in [1.807, 2.05) is 0 Å². The molecule has 1 heterocycles. The summed E-state index contributed by atoms with van der Waals surface area (Å²) in [6.45, 7) is 5.52. The molecule has 2 fully saturated rings. The van der Waals surface area contributed by atoms with E-state index in [2.05, 4.69) is 16.9 Å². The number of nitrogens with zero attached hydrogens (tertiary/aromatic N) is 1. The zero-order chi connectivity index (χ0) is 29.5. The summed E-state index contributed by atoms with van der Waals surface area (Å²) < 4.78 is 21.2. The number of esters is 1. The lowest BCUT2D eigenvalue weighted by molar-refractivity contribution is -0.0917. The number of carboxylic acids is 1. The molecule has 0 bridgehead atoms. The molecule has 2 N–H and O–H groups in total. The van der Waals surface area contributed by atoms with Crippen LogP contribution in [0.5, 0.6) is 5.75 Å². The molecule has 2 aliphatic carbocycles. The number of hydrogen-bond donors (Lipinski definition) is 2. The summed E-state index contributed by atoms with van der Waals surface area (Å²) in [7, 11) is 1.42.